The lowest BCUT2D eigenvalue weighted by Gasteiger charge is -2.34. The number of nitrogens with zero attached hydrogens (tertiary/aromatic N) is 2. The highest BCUT2D eigenvalue weighted by Crippen LogP contribution is 2.37. The zero-order valence-corrected chi connectivity index (χ0v) is 20.6. The molecule has 2 aromatic rings. The van der Waals surface area contributed by atoms with Crippen LogP contribution in [0, 0.1) is 0 Å². The van der Waals surface area contributed by atoms with E-state index in [9.17, 15) is 35.9 Å². The number of nitrogens with one attached hydrogen (secondary N) is 1. The normalized spacial score (nSPS) is 17.8. The van der Waals surface area contributed by atoms with Gasteiger partial charge in [-0.05, 0) is 43.9 Å². The van der Waals surface area contributed by atoms with Crippen LogP contribution >= 0.6 is 0 Å². The first-order valence-corrected chi connectivity index (χ1v) is 12.8. The van der Waals surface area contributed by atoms with E-state index in [-0.39, 0.29) is 30.2 Å². The molecule has 4 rings (SSSR count). The van der Waals surface area contributed by atoms with Gasteiger partial charge in [-0.1, -0.05) is 38.5 Å². The second-order valence-electron chi connectivity index (χ2n) is 9.95. The number of carbonyl (C=O) groups excluding carboxylic acids is 2. The Kier molecular flexibility index (Phi) is 8.37. The van der Waals surface area contributed by atoms with Crippen molar-refractivity contribution in [3.05, 3.63) is 52.7 Å². The number of hydrogen-bond acceptors (Lipinski definition) is 4. The standard InChI is InChI=1S/C26H29F6N3O3/c27-25(28,29)17-11-16(12-18(13-17)26(30,31)32)24(37)35(20-9-5-2-6-10-20)14-22-34-21(15-38-22)23(36)33-19-7-3-1-4-8-19/h11-13,15,19-20H,1-10,14H2,(H,33,36). The topological polar surface area (TPSA) is 75.4 Å². The Morgan fingerprint density at radius 3 is 1.97 bits per heavy atom. The van der Waals surface area contributed by atoms with Gasteiger partial charge < -0.3 is 14.6 Å². The van der Waals surface area contributed by atoms with Crippen molar-refractivity contribution in [2.75, 3.05) is 0 Å². The van der Waals surface area contributed by atoms with Crippen LogP contribution in [0.15, 0.2) is 28.9 Å². The molecule has 1 N–H and O–H groups in total. The molecule has 0 bridgehead atoms. The van der Waals surface area contributed by atoms with Crippen molar-refractivity contribution in [2.24, 2.45) is 0 Å². The number of oxazole rings is 1. The minimum Gasteiger partial charge on any atom is -0.446 e. The Morgan fingerprint density at radius 1 is 0.868 bits per heavy atom. The molecule has 2 amide bonds. The van der Waals surface area contributed by atoms with Gasteiger partial charge in [0, 0.05) is 17.6 Å². The Labute approximate surface area is 215 Å². The van der Waals surface area contributed by atoms with E-state index in [1.807, 2.05) is 0 Å². The number of hydrogen-bond donors (Lipinski definition) is 1. The quantitative estimate of drug-likeness (QED) is 0.408. The van der Waals surface area contributed by atoms with Crippen molar-refractivity contribution in [1.29, 1.82) is 0 Å². The number of rotatable bonds is 6. The third kappa shape index (κ3) is 6.87. The highest BCUT2D eigenvalue weighted by atomic mass is 19.4. The molecule has 0 spiro atoms. The molecule has 0 radical (unpaired) electrons. The molecule has 208 valence electrons. The fourth-order valence-corrected chi connectivity index (χ4v) is 5.14. The monoisotopic (exact) mass is 545 g/mol. The molecule has 0 unspecified atom stereocenters. The summed E-state index contributed by atoms with van der Waals surface area (Å²) in [6.07, 6.45) is -0.664. The molecule has 1 aromatic carbocycles. The summed E-state index contributed by atoms with van der Waals surface area (Å²) in [6, 6.07) is 0.470. The van der Waals surface area contributed by atoms with Crippen LogP contribution in [-0.4, -0.2) is 33.8 Å². The predicted molar refractivity (Wildman–Crippen MR) is 124 cm³/mol. The third-order valence-electron chi connectivity index (χ3n) is 7.14. The van der Waals surface area contributed by atoms with Crippen LogP contribution in [0.5, 0.6) is 0 Å². The first-order chi connectivity index (χ1) is 17.9. The number of halogens is 6. The third-order valence-corrected chi connectivity index (χ3v) is 7.14. The summed E-state index contributed by atoms with van der Waals surface area (Å²) in [5.41, 5.74) is -3.84. The van der Waals surface area contributed by atoms with Gasteiger partial charge in [-0.15, -0.1) is 0 Å². The van der Waals surface area contributed by atoms with E-state index in [0.29, 0.717) is 25.0 Å². The number of amides is 2. The lowest BCUT2D eigenvalue weighted by Crippen LogP contribution is -2.41. The summed E-state index contributed by atoms with van der Waals surface area (Å²) in [5.74, 6) is -1.45. The first kappa shape index (κ1) is 28.0. The summed E-state index contributed by atoms with van der Waals surface area (Å²) in [6.45, 7) is -0.294. The van der Waals surface area contributed by atoms with Crippen LogP contribution in [0.4, 0.5) is 26.3 Å². The molecule has 12 heteroatoms. The van der Waals surface area contributed by atoms with E-state index < -0.39 is 46.9 Å². The van der Waals surface area contributed by atoms with Crippen LogP contribution in [0.1, 0.15) is 102 Å². The molecule has 0 aliphatic heterocycles. The lowest BCUT2D eigenvalue weighted by molar-refractivity contribution is -0.143. The van der Waals surface area contributed by atoms with Crippen molar-refractivity contribution in [3.8, 4) is 0 Å². The van der Waals surface area contributed by atoms with Gasteiger partial charge in [0.1, 0.15) is 6.26 Å². The summed E-state index contributed by atoms with van der Waals surface area (Å²) >= 11 is 0. The fourth-order valence-electron chi connectivity index (χ4n) is 5.14. The van der Waals surface area contributed by atoms with Crippen LogP contribution < -0.4 is 5.32 Å². The van der Waals surface area contributed by atoms with Gasteiger partial charge in [0.25, 0.3) is 11.8 Å². The molecular weight excluding hydrogens is 516 g/mol. The van der Waals surface area contributed by atoms with Crippen molar-refractivity contribution in [3.63, 3.8) is 0 Å². The summed E-state index contributed by atoms with van der Waals surface area (Å²) in [4.78, 5) is 31.4. The molecule has 1 heterocycles. The average molecular weight is 546 g/mol. The van der Waals surface area contributed by atoms with E-state index >= 15 is 0 Å². The van der Waals surface area contributed by atoms with Crippen molar-refractivity contribution >= 4 is 11.8 Å². The number of aromatic nitrogens is 1. The number of alkyl halides is 6. The highest BCUT2D eigenvalue weighted by Gasteiger charge is 2.38. The summed E-state index contributed by atoms with van der Waals surface area (Å²) < 4.78 is 85.8. The molecule has 0 atom stereocenters. The predicted octanol–water partition coefficient (Wildman–Crippen LogP) is 6.75. The molecule has 2 aliphatic rings. The Balaban J connectivity index is 1.60. The van der Waals surface area contributed by atoms with E-state index in [4.69, 9.17) is 4.42 Å². The molecule has 2 aliphatic carbocycles. The van der Waals surface area contributed by atoms with Gasteiger partial charge in [-0.25, -0.2) is 4.98 Å². The maximum Gasteiger partial charge on any atom is 0.416 e. The van der Waals surface area contributed by atoms with E-state index in [2.05, 4.69) is 10.3 Å². The van der Waals surface area contributed by atoms with Gasteiger partial charge in [0.15, 0.2) is 5.69 Å². The van der Waals surface area contributed by atoms with Crippen LogP contribution in [-0.2, 0) is 18.9 Å². The van der Waals surface area contributed by atoms with Gasteiger partial charge in [0.2, 0.25) is 5.89 Å². The Bertz CT molecular complexity index is 1100. The SMILES string of the molecule is O=C(NC1CCCCC1)c1coc(CN(C(=O)c2cc(C(F)(F)F)cc(C(F)(F)F)c2)C2CCCCC2)n1. The largest absolute Gasteiger partial charge is 0.446 e. The van der Waals surface area contributed by atoms with E-state index in [0.717, 1.165) is 57.6 Å². The molecule has 2 saturated carbocycles. The lowest BCUT2D eigenvalue weighted by atomic mass is 9.93. The van der Waals surface area contributed by atoms with Crippen LogP contribution in [0.2, 0.25) is 0 Å². The zero-order valence-electron chi connectivity index (χ0n) is 20.6. The smallest absolute Gasteiger partial charge is 0.416 e. The number of benzene rings is 1. The molecule has 6 nitrogen and oxygen atoms in total. The molecule has 0 saturated heterocycles. The van der Waals surface area contributed by atoms with Crippen molar-refractivity contribution in [1.82, 2.24) is 15.2 Å². The van der Waals surface area contributed by atoms with Crippen LogP contribution in [0.25, 0.3) is 0 Å². The van der Waals surface area contributed by atoms with Gasteiger partial charge >= 0.3 is 12.4 Å². The molecule has 38 heavy (non-hydrogen) atoms. The second-order valence-corrected chi connectivity index (χ2v) is 9.95. The summed E-state index contributed by atoms with van der Waals surface area (Å²) in [7, 11) is 0. The van der Waals surface area contributed by atoms with Gasteiger partial charge in [-0.3, -0.25) is 9.59 Å². The van der Waals surface area contributed by atoms with E-state index in [1.54, 1.807) is 0 Å². The average Bonchev–Trinajstić information content (AvgIpc) is 3.36. The minimum absolute atomic E-state index is 0.0000399. The van der Waals surface area contributed by atoms with E-state index in [1.165, 1.54) is 4.90 Å². The second kappa shape index (κ2) is 11.4. The highest BCUT2D eigenvalue weighted by molar-refractivity contribution is 5.95. The maximum absolute atomic E-state index is 13.5. The van der Waals surface area contributed by atoms with Crippen molar-refractivity contribution in [2.45, 2.75) is 95.2 Å². The number of carbonyl (C=O) groups is 2. The zero-order chi connectivity index (χ0) is 27.5. The summed E-state index contributed by atoms with van der Waals surface area (Å²) in [5, 5.41) is 2.90. The van der Waals surface area contributed by atoms with Crippen molar-refractivity contribution < 1.29 is 40.3 Å². The van der Waals surface area contributed by atoms with Crippen LogP contribution in [0.3, 0.4) is 0 Å². The first-order valence-electron chi connectivity index (χ1n) is 12.8. The molecule has 2 fully saturated rings. The molecule has 1 aromatic heterocycles. The van der Waals surface area contributed by atoms with Gasteiger partial charge in [0.05, 0.1) is 17.7 Å². The van der Waals surface area contributed by atoms with Gasteiger partial charge in [-0.2, -0.15) is 26.3 Å². The molecular formula is C26H29F6N3O3. The Hall–Kier alpha value is -3.05. The Morgan fingerprint density at radius 2 is 1.42 bits per heavy atom. The minimum atomic E-state index is -5.07. The fraction of sp³-hybridized carbons (Fsp3) is 0.577. The maximum atomic E-state index is 13.5.